The monoisotopic (exact) mass is 153 g/mol. The third-order valence-corrected chi connectivity index (χ3v) is 1.22. The van der Waals surface area contributed by atoms with Crippen LogP contribution in [0.4, 0.5) is 0 Å². The van der Waals surface area contributed by atoms with Gasteiger partial charge in [-0.2, -0.15) is 0 Å². The van der Waals surface area contributed by atoms with Gasteiger partial charge in [0, 0.05) is 0 Å². The summed E-state index contributed by atoms with van der Waals surface area (Å²) in [6.07, 6.45) is 3.76. The Kier molecular flexibility index (Phi) is 4.46. The zero-order chi connectivity index (χ0) is 8.85. The van der Waals surface area contributed by atoms with Crippen molar-refractivity contribution in [3.63, 3.8) is 0 Å². The molecule has 0 aromatic carbocycles. The molecule has 0 amide bonds. The molecule has 62 valence electrons. The van der Waals surface area contributed by atoms with Gasteiger partial charge < -0.3 is 5.73 Å². The van der Waals surface area contributed by atoms with Crippen molar-refractivity contribution in [3.8, 4) is 0 Å². The van der Waals surface area contributed by atoms with Crippen molar-refractivity contribution in [1.82, 2.24) is 0 Å². The summed E-state index contributed by atoms with van der Waals surface area (Å²) in [5, 5.41) is 0. The maximum atomic E-state index is 11.1. The zero-order valence-electron chi connectivity index (χ0n) is 7.13. The number of hydrogen-bond donors (Lipinski definition) is 1. The molecular weight excluding hydrogens is 138 g/mol. The van der Waals surface area contributed by atoms with Crippen LogP contribution in [-0.4, -0.2) is 11.8 Å². The number of allylic oxidation sites excluding steroid dienone is 1. The van der Waals surface area contributed by atoms with Crippen LogP contribution in [0.2, 0.25) is 0 Å². The lowest BCUT2D eigenvalue weighted by molar-refractivity contribution is -0.115. The van der Waals surface area contributed by atoms with Crippen molar-refractivity contribution < 1.29 is 4.79 Å². The van der Waals surface area contributed by atoms with Gasteiger partial charge in [-0.25, -0.2) is 0 Å². The summed E-state index contributed by atoms with van der Waals surface area (Å²) < 4.78 is 0. The largest absolute Gasteiger partial charge is 0.321 e. The third-order valence-electron chi connectivity index (χ3n) is 1.22. The first-order valence-corrected chi connectivity index (χ1v) is 3.63. The molecule has 0 fully saturated rings. The lowest BCUT2D eigenvalue weighted by Crippen LogP contribution is -2.28. The van der Waals surface area contributed by atoms with Gasteiger partial charge in [0.25, 0.3) is 0 Å². The second kappa shape index (κ2) is 4.85. The minimum absolute atomic E-state index is 0.0232. The van der Waals surface area contributed by atoms with Crippen LogP contribution >= 0.6 is 0 Å². The molecule has 0 aliphatic heterocycles. The van der Waals surface area contributed by atoms with E-state index in [4.69, 9.17) is 5.73 Å². The number of nitrogens with two attached hydrogens (primary N) is 1. The van der Waals surface area contributed by atoms with Crippen LogP contribution in [0.15, 0.2) is 24.3 Å². The Morgan fingerprint density at radius 2 is 2.18 bits per heavy atom. The van der Waals surface area contributed by atoms with Crippen LogP contribution in [0, 0.1) is 0 Å². The molecule has 2 nitrogen and oxygen atoms in total. The molecule has 1 atom stereocenters. The number of hydrogen-bond acceptors (Lipinski definition) is 2. The number of rotatable bonds is 4. The van der Waals surface area contributed by atoms with Crippen LogP contribution in [0.1, 0.15) is 20.3 Å². The summed E-state index contributed by atoms with van der Waals surface area (Å²) in [7, 11) is 0. The summed E-state index contributed by atoms with van der Waals surface area (Å²) in [4.78, 5) is 11.1. The van der Waals surface area contributed by atoms with E-state index < -0.39 is 6.04 Å². The fourth-order valence-electron chi connectivity index (χ4n) is 0.687. The SMILES string of the molecule is C=CCC(N)C(=O)C=C(C)C. The van der Waals surface area contributed by atoms with Gasteiger partial charge in [0.2, 0.25) is 0 Å². The van der Waals surface area contributed by atoms with E-state index in [2.05, 4.69) is 6.58 Å². The topological polar surface area (TPSA) is 43.1 Å². The molecule has 1 unspecified atom stereocenters. The van der Waals surface area contributed by atoms with Gasteiger partial charge in [-0.15, -0.1) is 6.58 Å². The summed E-state index contributed by atoms with van der Waals surface area (Å²) in [6, 6.07) is -0.414. The number of carbonyl (C=O) groups excluding carboxylic acids is 1. The summed E-state index contributed by atoms with van der Waals surface area (Å²) in [5.74, 6) is -0.0232. The second-order valence-corrected chi connectivity index (χ2v) is 2.75. The molecule has 0 heterocycles. The number of ketones is 1. The zero-order valence-corrected chi connectivity index (χ0v) is 7.13. The standard InChI is InChI=1S/C9H15NO/c1-4-5-8(10)9(11)6-7(2)3/h4,6,8H,1,5,10H2,2-3H3. The smallest absolute Gasteiger partial charge is 0.172 e. The van der Waals surface area contributed by atoms with E-state index >= 15 is 0 Å². The van der Waals surface area contributed by atoms with Crippen LogP contribution in [-0.2, 0) is 4.79 Å². The van der Waals surface area contributed by atoms with E-state index in [0.29, 0.717) is 6.42 Å². The maximum absolute atomic E-state index is 11.1. The van der Waals surface area contributed by atoms with Crippen molar-refractivity contribution in [3.05, 3.63) is 24.3 Å². The first-order chi connectivity index (χ1) is 5.07. The highest BCUT2D eigenvalue weighted by Crippen LogP contribution is 1.96. The normalized spacial score (nSPS) is 11.9. The average Bonchev–Trinajstić information content (AvgIpc) is 1.86. The van der Waals surface area contributed by atoms with E-state index in [1.165, 1.54) is 0 Å². The van der Waals surface area contributed by atoms with Crippen LogP contribution in [0.5, 0.6) is 0 Å². The van der Waals surface area contributed by atoms with Crippen molar-refractivity contribution in [2.24, 2.45) is 5.73 Å². The van der Waals surface area contributed by atoms with Gasteiger partial charge in [0.1, 0.15) is 0 Å². The molecule has 0 radical (unpaired) electrons. The van der Waals surface area contributed by atoms with E-state index in [1.54, 1.807) is 12.2 Å². The van der Waals surface area contributed by atoms with Crippen LogP contribution in [0.3, 0.4) is 0 Å². The molecule has 11 heavy (non-hydrogen) atoms. The highest BCUT2D eigenvalue weighted by Gasteiger charge is 2.07. The lowest BCUT2D eigenvalue weighted by Gasteiger charge is -2.03. The molecule has 2 heteroatoms. The van der Waals surface area contributed by atoms with Crippen molar-refractivity contribution in [2.45, 2.75) is 26.3 Å². The Morgan fingerprint density at radius 1 is 1.64 bits per heavy atom. The van der Waals surface area contributed by atoms with Gasteiger partial charge in [-0.1, -0.05) is 11.6 Å². The Balaban J connectivity index is 4.03. The molecule has 0 saturated heterocycles. The summed E-state index contributed by atoms with van der Waals surface area (Å²) in [6.45, 7) is 7.26. The molecule has 0 rings (SSSR count). The quantitative estimate of drug-likeness (QED) is 0.490. The molecule has 0 spiro atoms. The van der Waals surface area contributed by atoms with Crippen molar-refractivity contribution in [1.29, 1.82) is 0 Å². The molecule has 0 saturated carbocycles. The van der Waals surface area contributed by atoms with E-state index in [1.807, 2.05) is 13.8 Å². The summed E-state index contributed by atoms with van der Waals surface area (Å²) in [5.41, 5.74) is 6.49. The predicted octanol–water partition coefficient (Wildman–Crippen LogP) is 1.43. The van der Waals surface area contributed by atoms with Gasteiger partial charge >= 0.3 is 0 Å². The summed E-state index contributed by atoms with van der Waals surface area (Å²) >= 11 is 0. The van der Waals surface area contributed by atoms with Crippen molar-refractivity contribution in [2.75, 3.05) is 0 Å². The Morgan fingerprint density at radius 3 is 2.55 bits per heavy atom. The van der Waals surface area contributed by atoms with E-state index in [9.17, 15) is 4.79 Å². The lowest BCUT2D eigenvalue weighted by atomic mass is 10.1. The van der Waals surface area contributed by atoms with Gasteiger partial charge in [0.15, 0.2) is 5.78 Å². The Hall–Kier alpha value is -0.890. The minimum atomic E-state index is -0.414. The fourth-order valence-corrected chi connectivity index (χ4v) is 0.687. The number of carbonyl (C=O) groups is 1. The predicted molar refractivity (Wildman–Crippen MR) is 47.2 cm³/mol. The molecular formula is C9H15NO. The molecule has 0 aliphatic rings. The molecule has 0 bridgehead atoms. The second-order valence-electron chi connectivity index (χ2n) is 2.75. The molecule has 0 aromatic heterocycles. The highest BCUT2D eigenvalue weighted by molar-refractivity contribution is 5.94. The Bertz CT molecular complexity index is 178. The van der Waals surface area contributed by atoms with Gasteiger partial charge in [0.05, 0.1) is 6.04 Å². The van der Waals surface area contributed by atoms with E-state index in [-0.39, 0.29) is 5.78 Å². The highest BCUT2D eigenvalue weighted by atomic mass is 16.1. The first-order valence-electron chi connectivity index (χ1n) is 3.63. The van der Waals surface area contributed by atoms with Crippen molar-refractivity contribution >= 4 is 5.78 Å². The van der Waals surface area contributed by atoms with Crippen LogP contribution in [0.25, 0.3) is 0 Å². The Labute approximate surface area is 67.8 Å². The maximum Gasteiger partial charge on any atom is 0.172 e. The average molecular weight is 153 g/mol. The van der Waals surface area contributed by atoms with Gasteiger partial charge in [-0.05, 0) is 26.3 Å². The molecule has 0 aromatic rings. The fraction of sp³-hybridized carbons (Fsp3) is 0.444. The van der Waals surface area contributed by atoms with E-state index in [0.717, 1.165) is 5.57 Å². The minimum Gasteiger partial charge on any atom is -0.321 e. The molecule has 0 aliphatic carbocycles. The third kappa shape index (κ3) is 4.51. The van der Waals surface area contributed by atoms with Crippen LogP contribution < -0.4 is 5.73 Å². The molecule has 2 N–H and O–H groups in total. The first kappa shape index (κ1) is 10.1. The van der Waals surface area contributed by atoms with Gasteiger partial charge in [-0.3, -0.25) is 4.79 Å².